The summed E-state index contributed by atoms with van der Waals surface area (Å²) in [6.07, 6.45) is 3.07. The fourth-order valence-electron chi connectivity index (χ4n) is 1.35. The predicted octanol–water partition coefficient (Wildman–Crippen LogP) is 2.65. The summed E-state index contributed by atoms with van der Waals surface area (Å²) in [7, 11) is 1.38. The average molecular weight is 242 g/mol. The Kier molecular flexibility index (Phi) is 5.38. The molecule has 5 heteroatoms. The van der Waals surface area contributed by atoms with Crippen LogP contribution < -0.4 is 0 Å². The summed E-state index contributed by atoms with van der Waals surface area (Å²) in [6.45, 7) is 4.16. The van der Waals surface area contributed by atoms with Crippen molar-refractivity contribution in [3.63, 3.8) is 0 Å². The summed E-state index contributed by atoms with van der Waals surface area (Å²) in [5.41, 5.74) is 0.487. The number of aromatic nitrogens is 2. The Morgan fingerprint density at radius 2 is 2.25 bits per heavy atom. The van der Waals surface area contributed by atoms with E-state index in [1.54, 1.807) is 11.8 Å². The predicted molar refractivity (Wildman–Crippen MR) is 64.9 cm³/mol. The van der Waals surface area contributed by atoms with Gasteiger partial charge in [-0.25, -0.2) is 9.78 Å². The van der Waals surface area contributed by atoms with E-state index in [-0.39, 0.29) is 5.97 Å². The molecule has 0 fully saturated rings. The Bertz CT molecular complexity index is 350. The molecule has 0 aliphatic carbocycles. The van der Waals surface area contributed by atoms with Crippen LogP contribution in [0.25, 0.3) is 0 Å². The van der Waals surface area contributed by atoms with Crippen LogP contribution in [0.4, 0.5) is 0 Å². The fraction of sp³-hybridized carbons (Fsp3) is 0.636. The van der Waals surface area contributed by atoms with Crippen molar-refractivity contribution in [1.82, 2.24) is 9.97 Å². The number of carbonyl (C=O) groups is 1. The molecular weight excluding hydrogens is 224 g/mol. The molecule has 4 nitrogen and oxygen atoms in total. The lowest BCUT2D eigenvalue weighted by molar-refractivity contribution is 0.0590. The van der Waals surface area contributed by atoms with Crippen molar-refractivity contribution >= 4 is 17.7 Å². The number of rotatable bonds is 6. The minimum absolute atomic E-state index is 0.341. The summed E-state index contributed by atoms with van der Waals surface area (Å²) in [5.74, 6) is 1.42. The van der Waals surface area contributed by atoms with Crippen LogP contribution in [-0.4, -0.2) is 28.8 Å². The maximum atomic E-state index is 11.5. The van der Waals surface area contributed by atoms with Crippen LogP contribution in [0.15, 0.2) is 5.03 Å². The lowest BCUT2D eigenvalue weighted by Gasteiger charge is -1.97. The molecule has 1 heterocycles. The highest BCUT2D eigenvalue weighted by Crippen LogP contribution is 2.21. The van der Waals surface area contributed by atoms with Gasteiger partial charge in [0.25, 0.3) is 0 Å². The molecule has 0 aromatic carbocycles. The number of carbonyl (C=O) groups excluding carboxylic acids is 1. The van der Waals surface area contributed by atoms with Gasteiger partial charge in [0.15, 0.2) is 5.69 Å². The van der Waals surface area contributed by atoms with Crippen LogP contribution in [0.5, 0.6) is 0 Å². The number of unbranched alkanes of at least 4 members (excludes halogenated alkanes) is 1. The zero-order valence-corrected chi connectivity index (χ0v) is 10.8. The van der Waals surface area contributed by atoms with Crippen LogP contribution in [0, 0.1) is 0 Å². The minimum atomic E-state index is -0.341. The fourth-order valence-corrected chi connectivity index (χ4v) is 2.08. The molecule has 0 saturated heterocycles. The second kappa shape index (κ2) is 6.58. The van der Waals surface area contributed by atoms with E-state index in [0.717, 1.165) is 35.9 Å². The Morgan fingerprint density at radius 1 is 1.50 bits per heavy atom. The Labute approximate surface area is 100 Å². The molecule has 1 aromatic heterocycles. The number of thioether (sulfide) groups is 1. The van der Waals surface area contributed by atoms with Crippen LogP contribution in [-0.2, 0) is 11.2 Å². The summed E-state index contributed by atoms with van der Waals surface area (Å²) in [5, 5.41) is 0.750. The summed E-state index contributed by atoms with van der Waals surface area (Å²) >= 11 is 1.56. The van der Waals surface area contributed by atoms with Crippen molar-refractivity contribution < 1.29 is 9.53 Å². The largest absolute Gasteiger partial charge is 0.464 e. The monoisotopic (exact) mass is 242 g/mol. The maximum Gasteiger partial charge on any atom is 0.357 e. The molecule has 0 spiro atoms. The van der Waals surface area contributed by atoms with Gasteiger partial charge in [0.1, 0.15) is 10.9 Å². The Balaban J connectivity index is 2.86. The molecule has 1 N–H and O–H groups in total. The van der Waals surface area contributed by atoms with Crippen molar-refractivity contribution in [1.29, 1.82) is 0 Å². The molecule has 0 atom stereocenters. The highest BCUT2D eigenvalue weighted by molar-refractivity contribution is 7.99. The van der Waals surface area contributed by atoms with Crippen molar-refractivity contribution in [2.45, 2.75) is 38.1 Å². The van der Waals surface area contributed by atoms with E-state index in [1.807, 2.05) is 6.92 Å². The number of H-pyrrole nitrogens is 1. The molecule has 0 bridgehead atoms. The maximum absolute atomic E-state index is 11.5. The number of hydrogen-bond acceptors (Lipinski definition) is 4. The third-order valence-corrected chi connectivity index (χ3v) is 3.01. The van der Waals surface area contributed by atoms with Gasteiger partial charge in [-0.3, -0.25) is 0 Å². The Hall–Kier alpha value is -0.970. The number of imidazole rings is 1. The van der Waals surface area contributed by atoms with Crippen LogP contribution in [0.3, 0.4) is 0 Å². The van der Waals surface area contributed by atoms with Gasteiger partial charge in [-0.05, 0) is 12.2 Å². The first kappa shape index (κ1) is 13.1. The molecule has 0 radical (unpaired) electrons. The molecule has 0 amide bonds. The average Bonchev–Trinajstić information content (AvgIpc) is 2.69. The lowest BCUT2D eigenvalue weighted by Crippen LogP contribution is -2.03. The highest BCUT2D eigenvalue weighted by atomic mass is 32.2. The third-order valence-electron chi connectivity index (χ3n) is 2.16. The first-order chi connectivity index (χ1) is 7.72. The van der Waals surface area contributed by atoms with Crippen molar-refractivity contribution in [2.75, 3.05) is 12.9 Å². The summed E-state index contributed by atoms with van der Waals surface area (Å²) in [4.78, 5) is 18.9. The number of nitrogens with zero attached hydrogens (tertiary/aromatic N) is 1. The molecular formula is C11H18N2O2S. The highest BCUT2D eigenvalue weighted by Gasteiger charge is 2.17. The topological polar surface area (TPSA) is 55.0 Å². The second-order valence-corrected chi connectivity index (χ2v) is 4.64. The molecule has 1 aromatic rings. The number of esters is 1. The summed E-state index contributed by atoms with van der Waals surface area (Å²) < 4.78 is 4.72. The standard InChI is InChI=1S/C11H18N2O2S/c1-4-6-7-8-12-9(11(14)15-3)10(13-8)16-5-2/h4-7H2,1-3H3,(H,12,13). The van der Waals surface area contributed by atoms with Crippen LogP contribution in [0.1, 0.15) is 43.0 Å². The summed E-state index contributed by atoms with van der Waals surface area (Å²) in [6, 6.07) is 0. The van der Waals surface area contributed by atoms with E-state index in [0.29, 0.717) is 5.69 Å². The number of methoxy groups -OCH3 is 1. The van der Waals surface area contributed by atoms with E-state index in [2.05, 4.69) is 16.9 Å². The van der Waals surface area contributed by atoms with Gasteiger partial charge < -0.3 is 9.72 Å². The van der Waals surface area contributed by atoms with E-state index < -0.39 is 0 Å². The zero-order valence-electron chi connectivity index (χ0n) is 10.0. The van der Waals surface area contributed by atoms with Gasteiger partial charge in [0.2, 0.25) is 0 Å². The SMILES string of the molecule is CCCCc1nc(SCC)c(C(=O)OC)[nH]1. The van der Waals surface area contributed by atoms with E-state index in [4.69, 9.17) is 4.74 Å². The van der Waals surface area contributed by atoms with Gasteiger partial charge >= 0.3 is 5.97 Å². The van der Waals surface area contributed by atoms with Gasteiger partial charge in [-0.15, -0.1) is 11.8 Å². The van der Waals surface area contributed by atoms with E-state index >= 15 is 0 Å². The van der Waals surface area contributed by atoms with Gasteiger partial charge in [-0.2, -0.15) is 0 Å². The van der Waals surface area contributed by atoms with Crippen LogP contribution in [0.2, 0.25) is 0 Å². The lowest BCUT2D eigenvalue weighted by atomic mass is 10.2. The smallest absolute Gasteiger partial charge is 0.357 e. The van der Waals surface area contributed by atoms with E-state index in [9.17, 15) is 4.79 Å². The molecule has 0 aliphatic heterocycles. The molecule has 1 rings (SSSR count). The number of aromatic amines is 1. The Morgan fingerprint density at radius 3 is 2.81 bits per heavy atom. The van der Waals surface area contributed by atoms with Crippen molar-refractivity contribution in [3.05, 3.63) is 11.5 Å². The van der Waals surface area contributed by atoms with Crippen LogP contribution >= 0.6 is 11.8 Å². The van der Waals surface area contributed by atoms with Gasteiger partial charge in [0.05, 0.1) is 7.11 Å². The zero-order chi connectivity index (χ0) is 12.0. The molecule has 0 unspecified atom stereocenters. The molecule has 0 aliphatic rings. The van der Waals surface area contributed by atoms with Crippen molar-refractivity contribution in [3.8, 4) is 0 Å². The first-order valence-electron chi connectivity index (χ1n) is 5.52. The quantitative estimate of drug-likeness (QED) is 0.615. The number of ether oxygens (including phenoxy) is 1. The normalized spacial score (nSPS) is 10.4. The molecule has 90 valence electrons. The first-order valence-corrected chi connectivity index (χ1v) is 6.51. The molecule has 16 heavy (non-hydrogen) atoms. The van der Waals surface area contributed by atoms with Gasteiger partial charge in [-0.1, -0.05) is 20.3 Å². The third kappa shape index (κ3) is 3.27. The van der Waals surface area contributed by atoms with E-state index in [1.165, 1.54) is 7.11 Å². The van der Waals surface area contributed by atoms with Crippen molar-refractivity contribution in [2.24, 2.45) is 0 Å². The second-order valence-electron chi connectivity index (χ2n) is 3.39. The minimum Gasteiger partial charge on any atom is -0.464 e. The molecule has 0 saturated carbocycles. The number of hydrogen-bond donors (Lipinski definition) is 1. The number of nitrogens with one attached hydrogen (secondary N) is 1. The number of aryl methyl sites for hydroxylation is 1. The van der Waals surface area contributed by atoms with Gasteiger partial charge in [0, 0.05) is 6.42 Å².